The van der Waals surface area contributed by atoms with Crippen LogP contribution in [0.5, 0.6) is 0 Å². The van der Waals surface area contributed by atoms with Gasteiger partial charge in [-0.05, 0) is 41.7 Å². The van der Waals surface area contributed by atoms with E-state index < -0.39 is 0 Å². The summed E-state index contributed by atoms with van der Waals surface area (Å²) in [5.41, 5.74) is 6.80. The van der Waals surface area contributed by atoms with E-state index in [0.717, 1.165) is 34.0 Å². The van der Waals surface area contributed by atoms with E-state index in [4.69, 9.17) is 5.26 Å². The molecule has 4 aromatic rings. The topological polar surface area (TPSA) is 72.8 Å². The SMILES string of the molecule is CCc1cccc2c(C(CC(=O)N(CCC#N)Cc3cccnc3)c3ccc(C)cc3)c[nH]c12. The van der Waals surface area contributed by atoms with Crippen LogP contribution in [0.1, 0.15) is 53.5 Å². The number of nitriles is 1. The van der Waals surface area contributed by atoms with Gasteiger partial charge in [0.25, 0.3) is 0 Å². The Labute approximate surface area is 201 Å². The molecule has 0 radical (unpaired) electrons. The van der Waals surface area contributed by atoms with Crippen molar-refractivity contribution in [3.63, 3.8) is 0 Å². The van der Waals surface area contributed by atoms with E-state index in [-0.39, 0.29) is 11.8 Å². The number of amides is 1. The van der Waals surface area contributed by atoms with Crippen LogP contribution in [-0.4, -0.2) is 27.3 Å². The number of nitrogens with one attached hydrogen (secondary N) is 1. The molecule has 5 nitrogen and oxygen atoms in total. The van der Waals surface area contributed by atoms with Gasteiger partial charge in [0.15, 0.2) is 0 Å². The lowest BCUT2D eigenvalue weighted by molar-refractivity contribution is -0.132. The number of rotatable bonds is 9. The fourth-order valence-corrected chi connectivity index (χ4v) is 4.52. The van der Waals surface area contributed by atoms with Gasteiger partial charge in [-0.3, -0.25) is 9.78 Å². The molecular weight excluding hydrogens is 420 g/mol. The van der Waals surface area contributed by atoms with Crippen molar-refractivity contribution >= 4 is 16.8 Å². The number of nitrogens with zero attached hydrogens (tertiary/aromatic N) is 3. The first-order valence-corrected chi connectivity index (χ1v) is 11.8. The number of benzene rings is 2. The van der Waals surface area contributed by atoms with Gasteiger partial charge in [0, 0.05) is 54.9 Å². The van der Waals surface area contributed by atoms with Gasteiger partial charge in [-0.15, -0.1) is 0 Å². The summed E-state index contributed by atoms with van der Waals surface area (Å²) in [6.45, 7) is 5.07. The molecule has 2 aromatic carbocycles. The number of para-hydroxylation sites is 1. The van der Waals surface area contributed by atoms with Gasteiger partial charge < -0.3 is 9.88 Å². The molecule has 0 aliphatic carbocycles. The lowest BCUT2D eigenvalue weighted by Crippen LogP contribution is -2.32. The second-order valence-electron chi connectivity index (χ2n) is 8.69. The van der Waals surface area contributed by atoms with E-state index in [1.807, 2.05) is 12.1 Å². The summed E-state index contributed by atoms with van der Waals surface area (Å²) in [5.74, 6) is -0.0573. The minimum atomic E-state index is -0.0903. The van der Waals surface area contributed by atoms with E-state index in [2.05, 4.69) is 78.5 Å². The second-order valence-corrected chi connectivity index (χ2v) is 8.69. The number of H-pyrrole nitrogens is 1. The first kappa shape index (κ1) is 23.3. The van der Waals surface area contributed by atoms with Crippen molar-refractivity contribution in [1.29, 1.82) is 5.26 Å². The normalized spacial score (nSPS) is 11.8. The molecule has 1 amide bonds. The minimum Gasteiger partial charge on any atom is -0.361 e. The van der Waals surface area contributed by atoms with Crippen molar-refractivity contribution in [1.82, 2.24) is 14.9 Å². The Morgan fingerprint density at radius 3 is 2.68 bits per heavy atom. The van der Waals surface area contributed by atoms with Gasteiger partial charge in [0.05, 0.1) is 12.5 Å². The summed E-state index contributed by atoms with van der Waals surface area (Å²) in [6.07, 6.45) is 7.13. The Morgan fingerprint density at radius 2 is 1.97 bits per heavy atom. The number of aromatic amines is 1. The molecular formula is C29H30N4O. The molecule has 0 aliphatic heterocycles. The average molecular weight is 451 g/mol. The second kappa shape index (κ2) is 10.8. The number of hydrogen-bond acceptors (Lipinski definition) is 3. The summed E-state index contributed by atoms with van der Waals surface area (Å²) < 4.78 is 0. The molecule has 1 atom stereocenters. The zero-order chi connectivity index (χ0) is 23.9. The predicted molar refractivity (Wildman–Crippen MR) is 135 cm³/mol. The molecule has 0 spiro atoms. The fraction of sp³-hybridized carbons (Fsp3) is 0.276. The van der Waals surface area contributed by atoms with Crippen molar-refractivity contribution < 1.29 is 4.79 Å². The van der Waals surface area contributed by atoms with Crippen LogP contribution in [-0.2, 0) is 17.8 Å². The number of aryl methyl sites for hydroxylation is 2. The first-order valence-electron chi connectivity index (χ1n) is 11.8. The number of hydrogen-bond donors (Lipinski definition) is 1. The summed E-state index contributed by atoms with van der Waals surface area (Å²) in [5, 5.41) is 10.3. The quantitative estimate of drug-likeness (QED) is 0.345. The summed E-state index contributed by atoms with van der Waals surface area (Å²) in [4.78, 5) is 23.1. The van der Waals surface area contributed by atoms with Gasteiger partial charge in [-0.1, -0.05) is 61.0 Å². The average Bonchev–Trinajstić information content (AvgIpc) is 3.30. The fourth-order valence-electron chi connectivity index (χ4n) is 4.52. The Balaban J connectivity index is 1.70. The van der Waals surface area contributed by atoms with Gasteiger partial charge in [-0.25, -0.2) is 0 Å². The molecule has 0 aliphatic rings. The van der Waals surface area contributed by atoms with Gasteiger partial charge in [0.2, 0.25) is 5.91 Å². The van der Waals surface area contributed by atoms with Crippen molar-refractivity contribution in [2.75, 3.05) is 6.54 Å². The smallest absolute Gasteiger partial charge is 0.223 e. The van der Waals surface area contributed by atoms with Crippen LogP contribution in [0.15, 0.2) is 73.2 Å². The molecule has 0 bridgehead atoms. The van der Waals surface area contributed by atoms with E-state index in [0.29, 0.717) is 25.9 Å². The van der Waals surface area contributed by atoms with Crippen molar-refractivity contribution in [2.45, 2.75) is 45.6 Å². The Hall–Kier alpha value is -3.91. The van der Waals surface area contributed by atoms with Crippen molar-refractivity contribution in [2.24, 2.45) is 0 Å². The molecule has 5 heteroatoms. The maximum atomic E-state index is 13.6. The summed E-state index contributed by atoms with van der Waals surface area (Å²) >= 11 is 0. The lowest BCUT2D eigenvalue weighted by Gasteiger charge is -2.25. The molecule has 34 heavy (non-hydrogen) atoms. The highest BCUT2D eigenvalue weighted by atomic mass is 16.2. The highest BCUT2D eigenvalue weighted by Gasteiger charge is 2.25. The van der Waals surface area contributed by atoms with Crippen molar-refractivity contribution in [3.8, 4) is 6.07 Å². The number of pyridine rings is 1. The molecule has 0 saturated carbocycles. The molecule has 0 saturated heterocycles. The molecule has 4 rings (SSSR count). The maximum Gasteiger partial charge on any atom is 0.223 e. The molecule has 0 fully saturated rings. The Bertz CT molecular complexity index is 1290. The van der Waals surface area contributed by atoms with Crippen LogP contribution < -0.4 is 0 Å². The molecule has 2 heterocycles. The van der Waals surface area contributed by atoms with Gasteiger partial charge >= 0.3 is 0 Å². The number of carbonyl (C=O) groups is 1. The maximum absolute atomic E-state index is 13.6. The number of fused-ring (bicyclic) bond motifs is 1. The molecule has 1 N–H and O–H groups in total. The van der Waals surface area contributed by atoms with E-state index in [1.165, 1.54) is 11.1 Å². The highest BCUT2D eigenvalue weighted by Crippen LogP contribution is 2.35. The van der Waals surface area contributed by atoms with E-state index in [1.54, 1.807) is 17.3 Å². The standard InChI is InChI=1S/C29H30N4O/c1-3-23-8-4-9-25-27(19-32-29(23)25)26(24-12-10-21(2)11-13-24)17-28(34)33(16-6-14-30)20-22-7-5-15-31-18-22/h4-5,7-13,15,18-19,26,32H,3,6,16-17,20H2,1-2H3. The Morgan fingerprint density at radius 1 is 1.15 bits per heavy atom. The third kappa shape index (κ3) is 5.18. The number of aromatic nitrogens is 2. The van der Waals surface area contributed by atoms with E-state index >= 15 is 0 Å². The zero-order valence-corrected chi connectivity index (χ0v) is 19.8. The summed E-state index contributed by atoms with van der Waals surface area (Å²) in [7, 11) is 0. The molecule has 1 unspecified atom stereocenters. The van der Waals surface area contributed by atoms with Crippen LogP contribution >= 0.6 is 0 Å². The zero-order valence-electron chi connectivity index (χ0n) is 19.8. The van der Waals surface area contributed by atoms with Crippen LogP contribution in [0.2, 0.25) is 0 Å². The minimum absolute atomic E-state index is 0.0330. The van der Waals surface area contributed by atoms with Gasteiger partial charge in [0.1, 0.15) is 0 Å². The van der Waals surface area contributed by atoms with Crippen LogP contribution in [0.25, 0.3) is 10.9 Å². The van der Waals surface area contributed by atoms with E-state index in [9.17, 15) is 4.79 Å². The molecule has 2 aromatic heterocycles. The molecule has 172 valence electrons. The lowest BCUT2D eigenvalue weighted by atomic mass is 9.87. The Kier molecular flexibility index (Phi) is 7.39. The van der Waals surface area contributed by atoms with Crippen LogP contribution in [0.4, 0.5) is 0 Å². The summed E-state index contributed by atoms with van der Waals surface area (Å²) in [6, 6.07) is 20.8. The number of carbonyl (C=O) groups excluding carboxylic acids is 1. The van der Waals surface area contributed by atoms with Crippen LogP contribution in [0, 0.1) is 18.3 Å². The predicted octanol–water partition coefficient (Wildman–Crippen LogP) is 5.90. The third-order valence-electron chi connectivity index (χ3n) is 6.39. The van der Waals surface area contributed by atoms with Crippen molar-refractivity contribution in [3.05, 3.63) is 101 Å². The third-order valence-corrected chi connectivity index (χ3v) is 6.39. The largest absolute Gasteiger partial charge is 0.361 e. The van der Waals surface area contributed by atoms with Gasteiger partial charge in [-0.2, -0.15) is 5.26 Å². The monoisotopic (exact) mass is 450 g/mol. The first-order chi connectivity index (χ1) is 16.6. The highest BCUT2D eigenvalue weighted by molar-refractivity contribution is 5.88. The van der Waals surface area contributed by atoms with Crippen LogP contribution in [0.3, 0.4) is 0 Å².